The summed E-state index contributed by atoms with van der Waals surface area (Å²) in [7, 11) is 2.89. The van der Waals surface area contributed by atoms with Gasteiger partial charge in [-0.3, -0.25) is 14.6 Å². The number of carbonyl (C=O) groups excluding carboxylic acids is 2. The van der Waals surface area contributed by atoms with E-state index in [2.05, 4.69) is 20.9 Å². The zero-order valence-corrected chi connectivity index (χ0v) is 19.9. The molecule has 2 aromatic carbocycles. The second kappa shape index (κ2) is 9.56. The number of hydrogen-bond acceptors (Lipinski definition) is 7. The summed E-state index contributed by atoms with van der Waals surface area (Å²) in [6.45, 7) is 0.105. The fraction of sp³-hybridized carbons (Fsp3) is 0.160. The van der Waals surface area contributed by atoms with Crippen molar-refractivity contribution in [3.63, 3.8) is 0 Å². The summed E-state index contributed by atoms with van der Waals surface area (Å²) in [5.74, 6) is -1.38. The van der Waals surface area contributed by atoms with Crippen molar-refractivity contribution in [3.05, 3.63) is 87.7 Å². The molecule has 174 valence electrons. The number of hydrogen-bond donors (Lipinski definition) is 2. The predicted molar refractivity (Wildman–Crippen MR) is 127 cm³/mol. The van der Waals surface area contributed by atoms with Crippen LogP contribution in [0.15, 0.2) is 71.0 Å². The highest BCUT2D eigenvalue weighted by Gasteiger charge is 2.46. The standard InChI is InChI=1S/C25H21BrN2O6/c1-33-17-5-3-4-15(10-17)22(29)20-21(16-11-18(26)23(30)19(12-16)34-2)28(25(32)24(20)31)13-14-6-8-27-9-7-14/h3-12,21,29-30H,13H2,1-2H3/b22-20+. The Morgan fingerprint density at radius 3 is 2.50 bits per heavy atom. The molecule has 1 aliphatic heterocycles. The van der Waals surface area contributed by atoms with Crippen LogP contribution in [0.4, 0.5) is 0 Å². The highest BCUT2D eigenvalue weighted by Crippen LogP contribution is 2.45. The van der Waals surface area contributed by atoms with Gasteiger partial charge in [-0.1, -0.05) is 12.1 Å². The van der Waals surface area contributed by atoms with Crippen molar-refractivity contribution in [2.24, 2.45) is 0 Å². The summed E-state index contributed by atoms with van der Waals surface area (Å²) in [4.78, 5) is 31.8. The van der Waals surface area contributed by atoms with E-state index in [4.69, 9.17) is 9.47 Å². The summed E-state index contributed by atoms with van der Waals surface area (Å²) in [5.41, 5.74) is 1.48. The number of nitrogens with zero attached hydrogens (tertiary/aromatic N) is 2. The van der Waals surface area contributed by atoms with Crippen LogP contribution >= 0.6 is 15.9 Å². The molecule has 9 heteroatoms. The van der Waals surface area contributed by atoms with Crippen molar-refractivity contribution in [2.75, 3.05) is 14.2 Å². The van der Waals surface area contributed by atoms with Crippen LogP contribution < -0.4 is 9.47 Å². The van der Waals surface area contributed by atoms with Crippen LogP contribution in [0.2, 0.25) is 0 Å². The van der Waals surface area contributed by atoms with Crippen molar-refractivity contribution < 1.29 is 29.3 Å². The van der Waals surface area contributed by atoms with E-state index >= 15 is 0 Å². The number of aromatic hydroxyl groups is 1. The van der Waals surface area contributed by atoms with Gasteiger partial charge in [-0.2, -0.15) is 0 Å². The van der Waals surface area contributed by atoms with E-state index in [1.54, 1.807) is 54.9 Å². The van der Waals surface area contributed by atoms with Crippen molar-refractivity contribution in [1.82, 2.24) is 9.88 Å². The van der Waals surface area contributed by atoms with Gasteiger partial charge >= 0.3 is 0 Å². The molecule has 4 rings (SSSR count). The molecule has 1 amide bonds. The Labute approximate surface area is 204 Å². The van der Waals surface area contributed by atoms with Gasteiger partial charge in [0.1, 0.15) is 11.5 Å². The Hall–Kier alpha value is -3.85. The van der Waals surface area contributed by atoms with Crippen LogP contribution in [0.5, 0.6) is 17.2 Å². The van der Waals surface area contributed by atoms with Crippen LogP contribution in [0.3, 0.4) is 0 Å². The summed E-state index contributed by atoms with van der Waals surface area (Å²) in [5, 5.41) is 21.5. The number of likely N-dealkylation sites (tertiary alicyclic amines) is 1. The monoisotopic (exact) mass is 524 g/mol. The number of halogens is 1. The van der Waals surface area contributed by atoms with Gasteiger partial charge in [0.05, 0.1) is 30.3 Å². The fourth-order valence-corrected chi connectivity index (χ4v) is 4.37. The smallest absolute Gasteiger partial charge is 0.295 e. The summed E-state index contributed by atoms with van der Waals surface area (Å²) < 4.78 is 10.8. The number of aliphatic hydroxyl groups excluding tert-OH is 1. The number of aromatic nitrogens is 1. The summed E-state index contributed by atoms with van der Waals surface area (Å²) in [6.07, 6.45) is 3.19. The average molecular weight is 525 g/mol. The number of pyridine rings is 1. The van der Waals surface area contributed by atoms with Gasteiger partial charge in [0, 0.05) is 24.5 Å². The number of rotatable bonds is 6. The minimum atomic E-state index is -0.940. The molecule has 1 aliphatic rings. The van der Waals surface area contributed by atoms with Gasteiger partial charge in [0.25, 0.3) is 11.7 Å². The average Bonchev–Trinajstić information content (AvgIpc) is 3.10. The highest BCUT2D eigenvalue weighted by molar-refractivity contribution is 9.10. The molecule has 1 fully saturated rings. The first kappa shape index (κ1) is 23.3. The number of phenols is 1. The molecule has 3 aromatic rings. The minimum absolute atomic E-state index is 0.0769. The number of phenolic OH excluding ortho intramolecular Hbond substituents is 1. The van der Waals surface area contributed by atoms with Gasteiger partial charge in [-0.15, -0.1) is 0 Å². The fourth-order valence-electron chi connectivity index (χ4n) is 3.91. The first-order valence-corrected chi connectivity index (χ1v) is 11.0. The lowest BCUT2D eigenvalue weighted by Crippen LogP contribution is -2.29. The molecule has 1 saturated heterocycles. The van der Waals surface area contributed by atoms with Crippen LogP contribution in [-0.4, -0.2) is 46.0 Å². The molecule has 2 heterocycles. The van der Waals surface area contributed by atoms with E-state index in [0.717, 1.165) is 5.56 Å². The number of ether oxygens (including phenoxy) is 2. The number of ketones is 1. The molecule has 0 radical (unpaired) electrons. The highest BCUT2D eigenvalue weighted by atomic mass is 79.9. The Balaban J connectivity index is 1.93. The first-order valence-electron chi connectivity index (χ1n) is 10.2. The van der Waals surface area contributed by atoms with Crippen LogP contribution in [0.25, 0.3) is 5.76 Å². The molecule has 0 aliphatic carbocycles. The topological polar surface area (TPSA) is 109 Å². The maximum atomic E-state index is 13.2. The maximum Gasteiger partial charge on any atom is 0.295 e. The second-order valence-corrected chi connectivity index (χ2v) is 8.42. The van der Waals surface area contributed by atoms with Crippen molar-refractivity contribution in [3.8, 4) is 17.2 Å². The quantitative estimate of drug-likeness (QED) is 0.282. The molecule has 0 saturated carbocycles. The number of amides is 1. The molecule has 0 bridgehead atoms. The molecule has 0 spiro atoms. The van der Waals surface area contributed by atoms with E-state index in [-0.39, 0.29) is 29.4 Å². The molecule has 2 N–H and O–H groups in total. The van der Waals surface area contributed by atoms with Crippen molar-refractivity contribution in [2.45, 2.75) is 12.6 Å². The molecular formula is C25H21BrN2O6. The van der Waals surface area contributed by atoms with E-state index in [1.165, 1.54) is 25.2 Å². The maximum absolute atomic E-state index is 13.2. The van der Waals surface area contributed by atoms with Crippen molar-refractivity contribution in [1.29, 1.82) is 0 Å². The minimum Gasteiger partial charge on any atom is -0.507 e. The second-order valence-electron chi connectivity index (χ2n) is 7.57. The Morgan fingerprint density at radius 1 is 1.09 bits per heavy atom. The van der Waals surface area contributed by atoms with Gasteiger partial charge in [0.15, 0.2) is 11.5 Å². The number of aliphatic hydroxyl groups is 1. The normalized spacial score (nSPS) is 17.1. The largest absolute Gasteiger partial charge is 0.507 e. The zero-order chi connectivity index (χ0) is 24.4. The van der Waals surface area contributed by atoms with Crippen LogP contribution in [-0.2, 0) is 16.1 Å². The van der Waals surface area contributed by atoms with E-state index in [1.807, 2.05) is 0 Å². The SMILES string of the molecule is COc1cccc(/C(O)=C2\C(=O)C(=O)N(Cc3ccncc3)C2c2cc(Br)c(O)c(OC)c2)c1. The molecule has 1 unspecified atom stereocenters. The number of benzene rings is 2. The van der Waals surface area contributed by atoms with Crippen molar-refractivity contribution >= 4 is 33.4 Å². The lowest BCUT2D eigenvalue weighted by molar-refractivity contribution is -0.140. The molecule has 8 nitrogen and oxygen atoms in total. The Bertz CT molecular complexity index is 1290. The number of carbonyl (C=O) groups is 2. The van der Waals surface area contributed by atoms with Gasteiger partial charge in [-0.05, 0) is 63.5 Å². The lowest BCUT2D eigenvalue weighted by Gasteiger charge is -2.26. The zero-order valence-electron chi connectivity index (χ0n) is 18.4. The Kier molecular flexibility index (Phi) is 6.56. The van der Waals surface area contributed by atoms with Gasteiger partial charge in [-0.25, -0.2) is 0 Å². The first-order chi connectivity index (χ1) is 16.3. The van der Waals surface area contributed by atoms with Crippen LogP contribution in [0, 0.1) is 0 Å². The summed E-state index contributed by atoms with van der Waals surface area (Å²) in [6, 6.07) is 12.3. The third-order valence-corrected chi connectivity index (χ3v) is 6.18. The van der Waals surface area contributed by atoms with E-state index in [9.17, 15) is 19.8 Å². The summed E-state index contributed by atoms with van der Waals surface area (Å²) >= 11 is 3.30. The van der Waals surface area contributed by atoms with E-state index < -0.39 is 17.7 Å². The number of methoxy groups -OCH3 is 2. The molecule has 1 aromatic heterocycles. The van der Waals surface area contributed by atoms with Gasteiger partial charge in [0.2, 0.25) is 0 Å². The molecular weight excluding hydrogens is 504 g/mol. The molecule has 34 heavy (non-hydrogen) atoms. The Morgan fingerprint density at radius 2 is 1.82 bits per heavy atom. The molecule has 1 atom stereocenters. The third-order valence-electron chi connectivity index (χ3n) is 5.57. The predicted octanol–water partition coefficient (Wildman–Crippen LogP) is 4.19. The third kappa shape index (κ3) is 4.22. The lowest BCUT2D eigenvalue weighted by atomic mass is 9.94. The van der Waals surface area contributed by atoms with Crippen LogP contribution in [0.1, 0.15) is 22.7 Å². The van der Waals surface area contributed by atoms with Gasteiger partial charge < -0.3 is 24.6 Å². The number of Topliss-reactive ketones (excluding diaryl/α,β-unsaturated/α-hetero) is 1. The van der Waals surface area contributed by atoms with E-state index in [0.29, 0.717) is 21.3 Å².